The minimum Gasteiger partial charge on any atom is -0.330 e. The lowest BCUT2D eigenvalue weighted by atomic mass is 10.1. The SMILES string of the molecule is Cl.Cl.NCCCCCCC(=O)Nc1ccccc1C(=O)Nc1ccc(Cl)cn1. The van der Waals surface area contributed by atoms with Crippen molar-refractivity contribution >= 4 is 59.7 Å². The Labute approximate surface area is 182 Å². The molecule has 2 rings (SSSR count). The number of nitrogens with zero attached hydrogens (tertiary/aromatic N) is 1. The summed E-state index contributed by atoms with van der Waals surface area (Å²) in [5, 5.41) is 5.99. The van der Waals surface area contributed by atoms with E-state index in [1.807, 2.05) is 0 Å². The Morgan fingerprint density at radius 1 is 0.964 bits per heavy atom. The van der Waals surface area contributed by atoms with E-state index >= 15 is 0 Å². The second-order valence-corrected chi connectivity index (χ2v) is 6.30. The van der Waals surface area contributed by atoms with E-state index in [9.17, 15) is 9.59 Å². The summed E-state index contributed by atoms with van der Waals surface area (Å²) < 4.78 is 0. The molecule has 154 valence electrons. The lowest BCUT2D eigenvalue weighted by Crippen LogP contribution is -2.18. The molecule has 0 saturated carbocycles. The van der Waals surface area contributed by atoms with E-state index in [0.29, 0.717) is 35.1 Å². The Morgan fingerprint density at radius 2 is 1.68 bits per heavy atom. The Hall–Kier alpha value is -1.86. The number of para-hydroxylation sites is 1. The van der Waals surface area contributed by atoms with Crippen molar-refractivity contribution in [3.05, 3.63) is 53.2 Å². The topological polar surface area (TPSA) is 97.1 Å². The molecule has 0 fully saturated rings. The summed E-state index contributed by atoms with van der Waals surface area (Å²) >= 11 is 5.79. The van der Waals surface area contributed by atoms with Crippen molar-refractivity contribution < 1.29 is 9.59 Å². The van der Waals surface area contributed by atoms with Crippen molar-refractivity contribution in [2.24, 2.45) is 5.73 Å². The zero-order valence-corrected chi connectivity index (χ0v) is 17.7. The molecule has 28 heavy (non-hydrogen) atoms. The lowest BCUT2D eigenvalue weighted by molar-refractivity contribution is -0.116. The van der Waals surface area contributed by atoms with Gasteiger partial charge in [-0.05, 0) is 43.7 Å². The predicted molar refractivity (Wildman–Crippen MR) is 119 cm³/mol. The quantitative estimate of drug-likeness (QED) is 0.486. The number of unbranched alkanes of at least 4 members (excludes halogenated alkanes) is 3. The van der Waals surface area contributed by atoms with Crippen LogP contribution in [0.4, 0.5) is 11.5 Å². The number of hydrogen-bond acceptors (Lipinski definition) is 4. The first-order valence-electron chi connectivity index (χ1n) is 8.62. The smallest absolute Gasteiger partial charge is 0.258 e. The van der Waals surface area contributed by atoms with Crippen LogP contribution in [0.15, 0.2) is 42.6 Å². The van der Waals surface area contributed by atoms with Crippen molar-refractivity contribution in [1.29, 1.82) is 0 Å². The minimum absolute atomic E-state index is 0. The van der Waals surface area contributed by atoms with Gasteiger partial charge in [-0.3, -0.25) is 9.59 Å². The molecule has 1 aromatic carbocycles. The fourth-order valence-corrected chi connectivity index (χ4v) is 2.53. The van der Waals surface area contributed by atoms with E-state index in [1.165, 1.54) is 6.20 Å². The molecule has 2 aromatic rings. The molecule has 0 aliphatic rings. The average Bonchev–Trinajstić information content (AvgIpc) is 2.64. The highest BCUT2D eigenvalue weighted by Crippen LogP contribution is 2.18. The highest BCUT2D eigenvalue weighted by molar-refractivity contribution is 6.30. The number of nitrogens with two attached hydrogens (primary N) is 1. The van der Waals surface area contributed by atoms with Gasteiger partial charge in [0.2, 0.25) is 5.91 Å². The number of pyridine rings is 1. The third-order valence-electron chi connectivity index (χ3n) is 3.77. The molecular weight excluding hydrogens is 423 g/mol. The predicted octanol–water partition coefficient (Wildman–Crippen LogP) is 4.68. The molecule has 0 aliphatic carbocycles. The average molecular weight is 448 g/mol. The van der Waals surface area contributed by atoms with Gasteiger partial charge in [0.15, 0.2) is 0 Å². The molecule has 0 bridgehead atoms. The van der Waals surface area contributed by atoms with Crippen molar-refractivity contribution in [2.75, 3.05) is 17.2 Å². The van der Waals surface area contributed by atoms with Gasteiger partial charge in [0.05, 0.1) is 16.3 Å². The summed E-state index contributed by atoms with van der Waals surface area (Å²) in [5.41, 5.74) is 6.31. The molecule has 1 aromatic heterocycles. The summed E-state index contributed by atoms with van der Waals surface area (Å²) in [5.74, 6) is -0.0679. The van der Waals surface area contributed by atoms with Crippen LogP contribution in [0.1, 0.15) is 42.5 Å². The fourth-order valence-electron chi connectivity index (χ4n) is 2.42. The number of nitrogens with one attached hydrogen (secondary N) is 2. The molecule has 2 amide bonds. The number of aromatic nitrogens is 1. The van der Waals surface area contributed by atoms with Crippen LogP contribution in [0, 0.1) is 0 Å². The maximum absolute atomic E-state index is 12.5. The van der Waals surface area contributed by atoms with E-state index in [2.05, 4.69) is 15.6 Å². The van der Waals surface area contributed by atoms with Crippen LogP contribution in [0.2, 0.25) is 5.02 Å². The van der Waals surface area contributed by atoms with Gasteiger partial charge in [-0.1, -0.05) is 36.6 Å². The van der Waals surface area contributed by atoms with E-state index in [0.717, 1.165) is 25.7 Å². The van der Waals surface area contributed by atoms with Gasteiger partial charge in [0, 0.05) is 12.6 Å². The number of halogens is 3. The highest BCUT2D eigenvalue weighted by atomic mass is 35.5. The van der Waals surface area contributed by atoms with Crippen LogP contribution >= 0.6 is 36.4 Å². The fraction of sp³-hybridized carbons (Fsp3) is 0.316. The molecule has 0 unspecified atom stereocenters. The summed E-state index contributed by atoms with van der Waals surface area (Å²) in [7, 11) is 0. The largest absolute Gasteiger partial charge is 0.330 e. The Kier molecular flexibility index (Phi) is 13.2. The van der Waals surface area contributed by atoms with E-state index in [-0.39, 0.29) is 36.6 Å². The molecule has 0 saturated heterocycles. The van der Waals surface area contributed by atoms with Gasteiger partial charge in [-0.25, -0.2) is 4.98 Å². The van der Waals surface area contributed by atoms with Gasteiger partial charge in [-0.15, -0.1) is 24.8 Å². The molecule has 0 aliphatic heterocycles. The maximum atomic E-state index is 12.5. The Balaban J connectivity index is 0.00000364. The van der Waals surface area contributed by atoms with Crippen LogP contribution in [-0.4, -0.2) is 23.3 Å². The summed E-state index contributed by atoms with van der Waals surface area (Å²) in [4.78, 5) is 28.6. The number of anilines is 2. The lowest BCUT2D eigenvalue weighted by Gasteiger charge is -2.11. The van der Waals surface area contributed by atoms with Crippen LogP contribution in [0.25, 0.3) is 0 Å². The van der Waals surface area contributed by atoms with Gasteiger partial charge in [0.1, 0.15) is 5.82 Å². The zero-order chi connectivity index (χ0) is 18.8. The molecule has 6 nitrogen and oxygen atoms in total. The number of carbonyl (C=O) groups is 2. The third-order valence-corrected chi connectivity index (χ3v) is 4.00. The Bertz CT molecular complexity index is 742. The number of carbonyl (C=O) groups excluding carboxylic acids is 2. The first-order chi connectivity index (χ1) is 12.6. The Morgan fingerprint density at radius 3 is 2.36 bits per heavy atom. The summed E-state index contributed by atoms with van der Waals surface area (Å²) in [6.07, 6.45) is 5.64. The van der Waals surface area contributed by atoms with Gasteiger partial charge >= 0.3 is 0 Å². The van der Waals surface area contributed by atoms with Gasteiger partial charge in [-0.2, -0.15) is 0 Å². The molecule has 9 heteroatoms. The normalized spacial score (nSPS) is 9.64. The minimum atomic E-state index is -0.348. The van der Waals surface area contributed by atoms with Crippen molar-refractivity contribution in [3.8, 4) is 0 Å². The van der Waals surface area contributed by atoms with E-state index in [4.69, 9.17) is 17.3 Å². The second kappa shape index (κ2) is 14.2. The van der Waals surface area contributed by atoms with Crippen LogP contribution in [0.3, 0.4) is 0 Å². The van der Waals surface area contributed by atoms with Gasteiger partial charge < -0.3 is 16.4 Å². The zero-order valence-electron chi connectivity index (χ0n) is 15.3. The van der Waals surface area contributed by atoms with E-state index in [1.54, 1.807) is 36.4 Å². The summed E-state index contributed by atoms with van der Waals surface area (Å²) in [6.45, 7) is 0.678. The second-order valence-electron chi connectivity index (χ2n) is 5.86. The van der Waals surface area contributed by atoms with Crippen molar-refractivity contribution in [3.63, 3.8) is 0 Å². The first-order valence-corrected chi connectivity index (χ1v) is 9.00. The number of amides is 2. The molecule has 0 atom stereocenters. The van der Waals surface area contributed by atoms with E-state index < -0.39 is 0 Å². The summed E-state index contributed by atoms with van der Waals surface area (Å²) in [6, 6.07) is 10.1. The molecule has 4 N–H and O–H groups in total. The third kappa shape index (κ3) is 8.89. The van der Waals surface area contributed by atoms with Gasteiger partial charge in [0.25, 0.3) is 5.91 Å². The van der Waals surface area contributed by atoms with Crippen LogP contribution < -0.4 is 16.4 Å². The van der Waals surface area contributed by atoms with Crippen molar-refractivity contribution in [1.82, 2.24) is 4.98 Å². The number of hydrogen-bond donors (Lipinski definition) is 3. The molecule has 1 heterocycles. The maximum Gasteiger partial charge on any atom is 0.258 e. The van der Waals surface area contributed by atoms with Crippen LogP contribution in [-0.2, 0) is 4.79 Å². The number of benzene rings is 1. The van der Waals surface area contributed by atoms with Crippen molar-refractivity contribution in [2.45, 2.75) is 32.1 Å². The molecule has 0 radical (unpaired) electrons. The van der Waals surface area contributed by atoms with Crippen LogP contribution in [0.5, 0.6) is 0 Å². The molecular formula is C19H25Cl3N4O2. The number of rotatable bonds is 9. The molecule has 0 spiro atoms. The highest BCUT2D eigenvalue weighted by Gasteiger charge is 2.13. The standard InChI is InChI=1S/C19H23ClN4O2.2ClH/c20-14-10-11-17(22-13-14)24-19(26)15-7-4-5-8-16(15)23-18(25)9-3-1-2-6-12-21;;/h4-5,7-8,10-11,13H,1-3,6,9,12,21H2,(H,23,25)(H,22,24,26);2*1H. The monoisotopic (exact) mass is 446 g/mol. The first kappa shape index (κ1) is 26.1.